The average molecular weight is 130 g/mol. The second-order valence-corrected chi connectivity index (χ2v) is 2.83. The summed E-state index contributed by atoms with van der Waals surface area (Å²) in [6.07, 6.45) is 1.80. The zero-order valence-electron chi connectivity index (χ0n) is 6.44. The molecule has 0 atom stereocenters. The van der Waals surface area contributed by atoms with Crippen LogP contribution in [0.15, 0.2) is 0 Å². The summed E-state index contributed by atoms with van der Waals surface area (Å²) in [5.41, 5.74) is 4.73. The SMILES string of the molecule is CCC[C](N)C(C)(C)O. The van der Waals surface area contributed by atoms with Gasteiger partial charge < -0.3 is 10.8 Å². The maximum absolute atomic E-state index is 9.26. The average Bonchev–Trinajstić information content (AvgIpc) is 1.64. The largest absolute Gasteiger partial charge is 0.388 e. The molecule has 2 nitrogen and oxygen atoms in total. The molecular formula is C7H16NO. The molecule has 0 aliphatic heterocycles. The van der Waals surface area contributed by atoms with Gasteiger partial charge in [-0.05, 0) is 20.3 Å². The first-order valence-electron chi connectivity index (χ1n) is 3.32. The Morgan fingerprint density at radius 3 is 2.11 bits per heavy atom. The van der Waals surface area contributed by atoms with Gasteiger partial charge in [-0.25, -0.2) is 0 Å². The van der Waals surface area contributed by atoms with Gasteiger partial charge in [-0.15, -0.1) is 0 Å². The van der Waals surface area contributed by atoms with Crippen molar-refractivity contribution in [1.82, 2.24) is 0 Å². The summed E-state index contributed by atoms with van der Waals surface area (Å²) in [6.45, 7) is 5.45. The highest BCUT2D eigenvalue weighted by Crippen LogP contribution is 2.17. The number of nitrogens with two attached hydrogens (primary N) is 1. The van der Waals surface area contributed by atoms with Gasteiger partial charge in [0.2, 0.25) is 0 Å². The standard InChI is InChI=1S/C7H16NO/c1-4-5-6(8)7(2,3)9/h9H,4-5,8H2,1-3H3. The van der Waals surface area contributed by atoms with Crippen molar-refractivity contribution in [3.8, 4) is 0 Å². The van der Waals surface area contributed by atoms with E-state index >= 15 is 0 Å². The first-order chi connectivity index (χ1) is 3.98. The van der Waals surface area contributed by atoms with Crippen LogP contribution in [0.1, 0.15) is 33.6 Å². The molecule has 9 heavy (non-hydrogen) atoms. The molecule has 0 heterocycles. The molecule has 0 fully saturated rings. The molecular weight excluding hydrogens is 114 g/mol. The highest BCUT2D eigenvalue weighted by molar-refractivity contribution is 4.97. The third kappa shape index (κ3) is 3.49. The molecule has 0 aliphatic carbocycles. The number of hydrogen-bond donors (Lipinski definition) is 2. The molecule has 0 saturated carbocycles. The summed E-state index contributed by atoms with van der Waals surface area (Å²) < 4.78 is 0. The van der Waals surface area contributed by atoms with Crippen molar-refractivity contribution >= 4 is 0 Å². The highest BCUT2D eigenvalue weighted by Gasteiger charge is 2.22. The fourth-order valence-electron chi connectivity index (χ4n) is 0.575. The summed E-state index contributed by atoms with van der Waals surface area (Å²) in [4.78, 5) is 0. The van der Waals surface area contributed by atoms with E-state index in [0.29, 0.717) is 6.04 Å². The van der Waals surface area contributed by atoms with Gasteiger partial charge in [-0.2, -0.15) is 0 Å². The second kappa shape index (κ2) is 3.18. The maximum atomic E-state index is 9.26. The van der Waals surface area contributed by atoms with Crippen molar-refractivity contribution < 1.29 is 5.11 Å². The minimum absolute atomic E-state index is 0.671. The van der Waals surface area contributed by atoms with Crippen LogP contribution in [-0.2, 0) is 0 Å². The van der Waals surface area contributed by atoms with Crippen LogP contribution in [0.2, 0.25) is 0 Å². The van der Waals surface area contributed by atoms with Crippen LogP contribution < -0.4 is 5.73 Å². The molecule has 0 rings (SSSR count). The Balaban J connectivity index is 3.59. The molecule has 0 aliphatic rings. The minimum Gasteiger partial charge on any atom is -0.388 e. The summed E-state index contributed by atoms with van der Waals surface area (Å²) in [6, 6.07) is 0.671. The van der Waals surface area contributed by atoms with E-state index in [1.165, 1.54) is 0 Å². The Labute approximate surface area is 57.1 Å². The van der Waals surface area contributed by atoms with E-state index in [1.54, 1.807) is 13.8 Å². The van der Waals surface area contributed by atoms with E-state index < -0.39 is 5.60 Å². The van der Waals surface area contributed by atoms with E-state index in [2.05, 4.69) is 0 Å². The fraction of sp³-hybridized carbons (Fsp3) is 0.857. The lowest BCUT2D eigenvalue weighted by Gasteiger charge is -2.23. The van der Waals surface area contributed by atoms with Crippen molar-refractivity contribution in [2.24, 2.45) is 5.73 Å². The Hall–Kier alpha value is -0.0800. The van der Waals surface area contributed by atoms with Gasteiger partial charge in [0, 0.05) is 0 Å². The third-order valence-corrected chi connectivity index (χ3v) is 1.31. The van der Waals surface area contributed by atoms with Gasteiger partial charge in [-0.1, -0.05) is 13.3 Å². The molecule has 0 amide bonds. The molecule has 0 aromatic heterocycles. The first-order valence-corrected chi connectivity index (χ1v) is 3.32. The summed E-state index contributed by atoms with van der Waals surface area (Å²) in [5.74, 6) is 0. The zero-order chi connectivity index (χ0) is 7.49. The molecule has 0 aromatic rings. The predicted octanol–water partition coefficient (Wildman–Crippen LogP) is 1.05. The maximum Gasteiger partial charge on any atom is 0.0789 e. The van der Waals surface area contributed by atoms with Gasteiger partial charge in [0.25, 0.3) is 0 Å². The lowest BCUT2D eigenvalue weighted by Crippen LogP contribution is -2.34. The van der Waals surface area contributed by atoms with Crippen molar-refractivity contribution in [2.75, 3.05) is 0 Å². The summed E-state index contributed by atoms with van der Waals surface area (Å²) in [5, 5.41) is 9.26. The van der Waals surface area contributed by atoms with Crippen LogP contribution >= 0.6 is 0 Å². The van der Waals surface area contributed by atoms with Gasteiger partial charge >= 0.3 is 0 Å². The van der Waals surface area contributed by atoms with Gasteiger partial charge in [0.1, 0.15) is 0 Å². The quantitative estimate of drug-likeness (QED) is 0.599. The van der Waals surface area contributed by atoms with E-state index in [4.69, 9.17) is 5.73 Å². The van der Waals surface area contributed by atoms with E-state index in [9.17, 15) is 5.11 Å². The Kier molecular flexibility index (Phi) is 3.15. The molecule has 0 unspecified atom stereocenters. The topological polar surface area (TPSA) is 46.2 Å². The zero-order valence-corrected chi connectivity index (χ0v) is 6.44. The number of rotatable bonds is 3. The molecule has 1 radical (unpaired) electrons. The van der Waals surface area contributed by atoms with Crippen LogP contribution in [0.3, 0.4) is 0 Å². The van der Waals surface area contributed by atoms with Crippen molar-refractivity contribution in [1.29, 1.82) is 0 Å². The summed E-state index contributed by atoms with van der Waals surface area (Å²) in [7, 11) is 0. The lowest BCUT2D eigenvalue weighted by atomic mass is 9.96. The lowest BCUT2D eigenvalue weighted by molar-refractivity contribution is 0.0878. The van der Waals surface area contributed by atoms with Crippen LogP contribution in [0.5, 0.6) is 0 Å². The molecule has 3 N–H and O–H groups in total. The van der Waals surface area contributed by atoms with E-state index in [0.717, 1.165) is 12.8 Å². The van der Waals surface area contributed by atoms with Gasteiger partial charge in [0.05, 0.1) is 11.6 Å². The Morgan fingerprint density at radius 1 is 1.56 bits per heavy atom. The normalized spacial score (nSPS) is 12.7. The molecule has 2 heteroatoms. The predicted molar refractivity (Wildman–Crippen MR) is 38.6 cm³/mol. The molecule has 0 bridgehead atoms. The minimum atomic E-state index is -0.796. The van der Waals surface area contributed by atoms with Gasteiger partial charge in [0.15, 0.2) is 0 Å². The van der Waals surface area contributed by atoms with Crippen molar-refractivity contribution in [3.63, 3.8) is 0 Å². The Bertz CT molecular complexity index is 75.5. The van der Waals surface area contributed by atoms with Crippen molar-refractivity contribution in [2.45, 2.75) is 39.2 Å². The van der Waals surface area contributed by atoms with E-state index in [-0.39, 0.29) is 0 Å². The molecule has 0 spiro atoms. The first kappa shape index (κ1) is 8.92. The smallest absolute Gasteiger partial charge is 0.0789 e. The summed E-state index contributed by atoms with van der Waals surface area (Å²) >= 11 is 0. The van der Waals surface area contributed by atoms with Crippen LogP contribution in [0, 0.1) is 6.04 Å². The molecule has 0 saturated heterocycles. The fourth-order valence-corrected chi connectivity index (χ4v) is 0.575. The number of hydrogen-bond acceptors (Lipinski definition) is 2. The second-order valence-electron chi connectivity index (χ2n) is 2.83. The monoisotopic (exact) mass is 130 g/mol. The van der Waals surface area contributed by atoms with Gasteiger partial charge in [-0.3, -0.25) is 0 Å². The molecule has 0 aromatic carbocycles. The molecule has 55 valence electrons. The van der Waals surface area contributed by atoms with E-state index in [1.807, 2.05) is 6.92 Å². The number of aliphatic hydroxyl groups is 1. The van der Waals surface area contributed by atoms with Crippen LogP contribution in [-0.4, -0.2) is 10.7 Å². The van der Waals surface area contributed by atoms with Crippen molar-refractivity contribution in [3.05, 3.63) is 6.04 Å². The Morgan fingerprint density at radius 2 is 2.00 bits per heavy atom. The van der Waals surface area contributed by atoms with Crippen LogP contribution in [0.25, 0.3) is 0 Å². The highest BCUT2D eigenvalue weighted by atomic mass is 16.3. The van der Waals surface area contributed by atoms with Crippen LogP contribution in [0.4, 0.5) is 0 Å². The third-order valence-electron chi connectivity index (χ3n) is 1.31.